The molecule has 1 fully saturated rings. The standard InChI is InChI=1S/C33H46N4O6S/c1-7-20-15(2)25(36-33(20)43)12-23-16(3)21(8-10-29(38)39)26(34-23)14-27-22(9-11-30(40)41)17(4)24(35-27)13-28-31(19(6)44)18(5)32(42)37-28/h14-15,18,23,25,28,34-36,43-44H,7-13H2,1-6H3,(H,37,42)(H,38,39)(H,40,41)/b26-14-,31-19-/t15?,18?,23?,25-,28+/m1/s1. The van der Waals surface area contributed by atoms with Crippen molar-refractivity contribution in [3.05, 3.63) is 61.3 Å². The fourth-order valence-electron chi connectivity index (χ4n) is 7.08. The second-order valence-corrected chi connectivity index (χ2v) is 13.0. The molecule has 0 bridgehead atoms. The van der Waals surface area contributed by atoms with E-state index in [4.69, 9.17) is 0 Å². The van der Waals surface area contributed by atoms with Crippen molar-refractivity contribution in [3.63, 3.8) is 0 Å². The van der Waals surface area contributed by atoms with Crippen molar-refractivity contribution < 1.29 is 29.7 Å². The number of rotatable bonds is 12. The number of carboxylic acid groups (broad SMARTS) is 2. The molecule has 0 radical (unpaired) electrons. The Kier molecular flexibility index (Phi) is 10.3. The molecule has 4 heterocycles. The van der Waals surface area contributed by atoms with Crippen LogP contribution in [0.15, 0.2) is 38.8 Å². The predicted molar refractivity (Wildman–Crippen MR) is 173 cm³/mol. The molecule has 1 saturated heterocycles. The van der Waals surface area contributed by atoms with Crippen LogP contribution >= 0.6 is 12.6 Å². The summed E-state index contributed by atoms with van der Waals surface area (Å²) in [7, 11) is 0. The van der Waals surface area contributed by atoms with E-state index in [1.54, 1.807) is 0 Å². The van der Waals surface area contributed by atoms with Crippen molar-refractivity contribution in [3.8, 4) is 0 Å². The SMILES string of the molecule is CCC1=C(O)N[C@H](CC2N/C(=C\c3[nH]c(C[C@@H]4NC(=O)C(C)/C4=C(\C)S)c(C)c3CCC(=O)O)C(CCC(=O)O)=C2C)C1C. The molecule has 4 rings (SSSR count). The van der Waals surface area contributed by atoms with Gasteiger partial charge in [0.25, 0.3) is 0 Å². The summed E-state index contributed by atoms with van der Waals surface area (Å²) in [4.78, 5) is 40.0. The van der Waals surface area contributed by atoms with Gasteiger partial charge in [0.15, 0.2) is 5.88 Å². The summed E-state index contributed by atoms with van der Waals surface area (Å²) in [5.41, 5.74) is 8.28. The lowest BCUT2D eigenvalue weighted by Gasteiger charge is -2.23. The Morgan fingerprint density at radius 3 is 2.25 bits per heavy atom. The normalized spacial score (nSPS) is 27.2. The molecule has 3 aliphatic rings. The van der Waals surface area contributed by atoms with Gasteiger partial charge in [-0.25, -0.2) is 0 Å². The number of aromatic nitrogens is 1. The fraction of sp³-hybridized carbons (Fsp3) is 0.545. The van der Waals surface area contributed by atoms with Crippen LogP contribution in [0.5, 0.6) is 0 Å². The number of hydrogen-bond donors (Lipinski definition) is 8. The Morgan fingerprint density at radius 2 is 1.66 bits per heavy atom. The molecule has 0 aromatic carbocycles. The van der Waals surface area contributed by atoms with Crippen LogP contribution in [0.25, 0.3) is 6.08 Å². The number of nitrogens with one attached hydrogen (secondary N) is 4. The van der Waals surface area contributed by atoms with E-state index in [1.807, 2.05) is 40.7 Å². The molecular formula is C33H46N4O6S. The van der Waals surface area contributed by atoms with E-state index < -0.39 is 11.9 Å². The molecule has 3 aliphatic heterocycles. The minimum absolute atomic E-state index is 0.0164. The molecule has 0 saturated carbocycles. The quantitative estimate of drug-likeness (QED) is 0.152. The van der Waals surface area contributed by atoms with Gasteiger partial charge >= 0.3 is 11.9 Å². The van der Waals surface area contributed by atoms with Crippen LogP contribution in [0.2, 0.25) is 0 Å². The number of aromatic amines is 1. The van der Waals surface area contributed by atoms with Crippen LogP contribution < -0.4 is 16.0 Å². The van der Waals surface area contributed by atoms with E-state index in [0.717, 1.165) is 61.8 Å². The van der Waals surface area contributed by atoms with Crippen LogP contribution in [0.3, 0.4) is 0 Å². The van der Waals surface area contributed by atoms with Crippen molar-refractivity contribution in [2.45, 2.75) is 105 Å². The summed E-state index contributed by atoms with van der Waals surface area (Å²) in [6.07, 6.45) is 4.57. The lowest BCUT2D eigenvalue weighted by molar-refractivity contribution is -0.138. The molecular weight excluding hydrogens is 580 g/mol. The number of H-pyrrole nitrogens is 1. The zero-order valence-corrected chi connectivity index (χ0v) is 27.3. The van der Waals surface area contributed by atoms with Crippen LogP contribution in [-0.2, 0) is 27.2 Å². The van der Waals surface area contributed by atoms with Gasteiger partial charge in [0.05, 0.1) is 12.0 Å². The minimum atomic E-state index is -0.892. The Bertz CT molecular complexity index is 1460. The molecule has 5 atom stereocenters. The lowest BCUT2D eigenvalue weighted by Crippen LogP contribution is -2.36. The van der Waals surface area contributed by atoms with Crippen LogP contribution in [-0.4, -0.2) is 56.3 Å². The Balaban J connectivity index is 1.69. The van der Waals surface area contributed by atoms with Crippen LogP contribution in [0.1, 0.15) is 89.2 Å². The highest BCUT2D eigenvalue weighted by atomic mass is 32.1. The molecule has 0 aliphatic carbocycles. The van der Waals surface area contributed by atoms with E-state index in [0.29, 0.717) is 25.7 Å². The molecule has 1 amide bonds. The van der Waals surface area contributed by atoms with Crippen molar-refractivity contribution in [1.29, 1.82) is 0 Å². The van der Waals surface area contributed by atoms with Crippen LogP contribution in [0.4, 0.5) is 0 Å². The first kappa shape index (κ1) is 33.3. The third-order valence-electron chi connectivity index (χ3n) is 9.66. The number of allylic oxidation sites excluding steroid dienone is 2. The summed E-state index contributed by atoms with van der Waals surface area (Å²) in [5, 5.41) is 39.3. The number of carboxylic acids is 2. The van der Waals surface area contributed by atoms with E-state index in [9.17, 15) is 29.7 Å². The monoisotopic (exact) mass is 626 g/mol. The molecule has 1 aromatic rings. The van der Waals surface area contributed by atoms with Gasteiger partial charge in [-0.05, 0) is 97.8 Å². The summed E-state index contributed by atoms with van der Waals surface area (Å²) in [6.45, 7) is 11.9. The van der Waals surface area contributed by atoms with Crippen molar-refractivity contribution >= 4 is 36.6 Å². The number of hydrogen-bond acceptors (Lipinski definition) is 7. The summed E-state index contributed by atoms with van der Waals surface area (Å²) in [5.74, 6) is -1.66. The molecule has 7 N–H and O–H groups in total. The highest BCUT2D eigenvalue weighted by Crippen LogP contribution is 2.37. The number of thiol groups is 1. The van der Waals surface area contributed by atoms with Gasteiger partial charge in [0, 0.05) is 54.3 Å². The maximum atomic E-state index is 12.5. The average Bonchev–Trinajstić information content (AvgIpc) is 3.59. The van der Waals surface area contributed by atoms with Crippen molar-refractivity contribution in [2.24, 2.45) is 11.8 Å². The molecule has 44 heavy (non-hydrogen) atoms. The number of carbonyl (C=O) groups is 3. The van der Waals surface area contributed by atoms with E-state index in [1.165, 1.54) is 0 Å². The van der Waals surface area contributed by atoms with Gasteiger partial charge in [-0.2, -0.15) is 0 Å². The molecule has 0 spiro atoms. The van der Waals surface area contributed by atoms with E-state index >= 15 is 0 Å². The topological polar surface area (TPSA) is 164 Å². The van der Waals surface area contributed by atoms with Gasteiger partial charge < -0.3 is 36.3 Å². The first-order valence-corrected chi connectivity index (χ1v) is 15.9. The van der Waals surface area contributed by atoms with Gasteiger partial charge in [-0.15, -0.1) is 12.6 Å². The molecule has 240 valence electrons. The van der Waals surface area contributed by atoms with Gasteiger partial charge in [-0.3, -0.25) is 14.4 Å². The second-order valence-electron chi connectivity index (χ2n) is 12.4. The van der Waals surface area contributed by atoms with Gasteiger partial charge in [-0.1, -0.05) is 13.8 Å². The summed E-state index contributed by atoms with van der Waals surface area (Å²) >= 11 is 4.55. The number of amides is 1. The summed E-state index contributed by atoms with van der Waals surface area (Å²) in [6, 6.07) is -0.251. The van der Waals surface area contributed by atoms with Gasteiger partial charge in [0.2, 0.25) is 5.91 Å². The van der Waals surface area contributed by atoms with Gasteiger partial charge in [0.1, 0.15) is 0 Å². The Morgan fingerprint density at radius 1 is 1.00 bits per heavy atom. The van der Waals surface area contributed by atoms with E-state index in [-0.39, 0.29) is 54.6 Å². The number of carbonyl (C=O) groups excluding carboxylic acids is 1. The maximum absolute atomic E-state index is 12.5. The number of aliphatic hydroxyl groups is 1. The second kappa shape index (κ2) is 13.6. The molecule has 3 unspecified atom stereocenters. The first-order chi connectivity index (χ1) is 20.7. The van der Waals surface area contributed by atoms with Crippen molar-refractivity contribution in [2.75, 3.05) is 0 Å². The molecule has 11 heteroatoms. The van der Waals surface area contributed by atoms with E-state index in [2.05, 4.69) is 40.5 Å². The zero-order chi connectivity index (χ0) is 32.5. The third kappa shape index (κ3) is 6.87. The smallest absolute Gasteiger partial charge is 0.303 e. The Labute approximate surface area is 264 Å². The number of aliphatic carboxylic acids is 2. The lowest BCUT2D eigenvalue weighted by atomic mass is 9.89. The molecule has 10 nitrogen and oxygen atoms in total. The summed E-state index contributed by atoms with van der Waals surface area (Å²) < 4.78 is 0. The molecule has 1 aromatic heterocycles. The highest BCUT2D eigenvalue weighted by molar-refractivity contribution is 7.84. The first-order valence-electron chi connectivity index (χ1n) is 15.4. The minimum Gasteiger partial charge on any atom is -0.495 e. The predicted octanol–water partition coefficient (Wildman–Crippen LogP) is 4.89. The largest absolute Gasteiger partial charge is 0.495 e. The van der Waals surface area contributed by atoms with Crippen LogP contribution in [0, 0.1) is 18.8 Å². The third-order valence-corrected chi connectivity index (χ3v) is 9.92. The fourth-order valence-corrected chi connectivity index (χ4v) is 7.43. The average molecular weight is 627 g/mol. The maximum Gasteiger partial charge on any atom is 0.303 e. The zero-order valence-electron chi connectivity index (χ0n) is 26.4. The Hall–Kier alpha value is -3.60. The van der Waals surface area contributed by atoms with Crippen molar-refractivity contribution in [1.82, 2.24) is 20.9 Å². The number of aliphatic hydroxyl groups excluding tert-OH is 1. The highest BCUT2D eigenvalue weighted by Gasteiger charge is 2.37.